The van der Waals surface area contributed by atoms with E-state index in [4.69, 9.17) is 4.98 Å². The first kappa shape index (κ1) is 22.4. The second-order valence-corrected chi connectivity index (χ2v) is 8.62. The lowest BCUT2D eigenvalue weighted by molar-refractivity contribution is -0.137. The molecule has 1 aromatic carbocycles. The maximum absolute atomic E-state index is 12.7. The summed E-state index contributed by atoms with van der Waals surface area (Å²) in [7, 11) is 0. The Balaban J connectivity index is 1.46. The molecule has 11 heteroatoms. The zero-order valence-corrected chi connectivity index (χ0v) is 18.3. The number of hydrogen-bond donors (Lipinski definition) is 1. The molecule has 3 aromatic rings. The standard InChI is InChI=1S/C21H23F3N6OS/c1-2-32-20-27-17(29-10-3-4-11-29)16-13-26-30(18(16)28-20)12-9-25-19(31)14-5-7-15(8-6-14)21(22,23)24/h5-8,13H,2-4,9-12H2,1H3,(H,25,31). The molecule has 4 rings (SSSR count). The van der Waals surface area contributed by atoms with E-state index in [9.17, 15) is 18.0 Å². The van der Waals surface area contributed by atoms with E-state index >= 15 is 0 Å². The number of hydrogen-bond acceptors (Lipinski definition) is 6. The van der Waals surface area contributed by atoms with Gasteiger partial charge in [0.15, 0.2) is 10.8 Å². The fraction of sp³-hybridized carbons (Fsp3) is 0.429. The van der Waals surface area contributed by atoms with Crippen LogP contribution in [0.1, 0.15) is 35.7 Å². The molecule has 0 bridgehead atoms. The van der Waals surface area contributed by atoms with Crippen LogP contribution in [0.15, 0.2) is 35.6 Å². The molecule has 1 aliphatic heterocycles. The number of halogens is 3. The smallest absolute Gasteiger partial charge is 0.356 e. The van der Waals surface area contributed by atoms with Crippen LogP contribution < -0.4 is 10.2 Å². The lowest BCUT2D eigenvalue weighted by Gasteiger charge is -2.17. The van der Waals surface area contributed by atoms with E-state index in [0.717, 1.165) is 55.0 Å². The van der Waals surface area contributed by atoms with Crippen molar-refractivity contribution in [2.24, 2.45) is 0 Å². The first-order valence-electron chi connectivity index (χ1n) is 10.4. The van der Waals surface area contributed by atoms with Crippen LogP contribution in [0.25, 0.3) is 11.0 Å². The van der Waals surface area contributed by atoms with Gasteiger partial charge in [0.05, 0.1) is 23.7 Å². The van der Waals surface area contributed by atoms with E-state index in [1.807, 2.05) is 6.92 Å². The molecule has 0 spiro atoms. The van der Waals surface area contributed by atoms with Gasteiger partial charge in [0.2, 0.25) is 0 Å². The lowest BCUT2D eigenvalue weighted by Crippen LogP contribution is -2.27. The van der Waals surface area contributed by atoms with Crippen molar-refractivity contribution in [2.45, 2.75) is 37.6 Å². The van der Waals surface area contributed by atoms with Gasteiger partial charge in [-0.3, -0.25) is 4.79 Å². The Kier molecular flexibility index (Phi) is 6.54. The van der Waals surface area contributed by atoms with Gasteiger partial charge < -0.3 is 10.2 Å². The molecule has 0 radical (unpaired) electrons. The van der Waals surface area contributed by atoms with E-state index in [1.165, 1.54) is 12.1 Å². The SMILES string of the molecule is CCSc1nc(N2CCCC2)c2cnn(CCNC(=O)c3ccc(C(F)(F)F)cc3)c2n1. The molecule has 170 valence electrons. The molecule has 7 nitrogen and oxygen atoms in total. The summed E-state index contributed by atoms with van der Waals surface area (Å²) in [5, 5.41) is 8.74. The summed E-state index contributed by atoms with van der Waals surface area (Å²) in [6.45, 7) is 4.59. The highest BCUT2D eigenvalue weighted by Gasteiger charge is 2.30. The molecule has 1 fully saturated rings. The van der Waals surface area contributed by atoms with Gasteiger partial charge in [-0.25, -0.2) is 14.6 Å². The number of carbonyl (C=O) groups is 1. The zero-order chi connectivity index (χ0) is 22.7. The largest absolute Gasteiger partial charge is 0.416 e. The normalized spacial score (nSPS) is 14.3. The Morgan fingerprint density at radius 1 is 1.16 bits per heavy atom. The highest BCUT2D eigenvalue weighted by molar-refractivity contribution is 7.99. The summed E-state index contributed by atoms with van der Waals surface area (Å²) in [4.78, 5) is 23.9. The van der Waals surface area contributed by atoms with Crippen LogP contribution in [0.3, 0.4) is 0 Å². The Bertz CT molecular complexity index is 1090. The molecule has 2 aromatic heterocycles. The second kappa shape index (κ2) is 9.35. The highest BCUT2D eigenvalue weighted by Crippen LogP contribution is 2.30. The average molecular weight is 465 g/mol. The van der Waals surface area contributed by atoms with E-state index in [0.29, 0.717) is 17.3 Å². The van der Waals surface area contributed by atoms with Crippen molar-refractivity contribution in [3.05, 3.63) is 41.6 Å². The van der Waals surface area contributed by atoms with Crippen molar-refractivity contribution < 1.29 is 18.0 Å². The van der Waals surface area contributed by atoms with Crippen molar-refractivity contribution in [3.8, 4) is 0 Å². The van der Waals surface area contributed by atoms with E-state index < -0.39 is 17.6 Å². The van der Waals surface area contributed by atoms with Gasteiger partial charge in [0.1, 0.15) is 5.82 Å². The molecule has 1 aliphatic rings. The number of benzene rings is 1. The van der Waals surface area contributed by atoms with Gasteiger partial charge in [0.25, 0.3) is 5.91 Å². The van der Waals surface area contributed by atoms with Crippen molar-refractivity contribution in [1.29, 1.82) is 0 Å². The van der Waals surface area contributed by atoms with E-state index in [-0.39, 0.29) is 12.1 Å². The fourth-order valence-electron chi connectivity index (χ4n) is 3.64. The number of alkyl halides is 3. The molecule has 3 heterocycles. The topological polar surface area (TPSA) is 75.9 Å². The minimum atomic E-state index is -4.43. The van der Waals surface area contributed by atoms with Crippen LogP contribution in [-0.4, -0.2) is 51.0 Å². The molecule has 1 saturated heterocycles. The quantitative estimate of drug-likeness (QED) is 0.421. The summed E-state index contributed by atoms with van der Waals surface area (Å²) >= 11 is 1.56. The fourth-order valence-corrected chi connectivity index (χ4v) is 4.20. The third-order valence-corrected chi connectivity index (χ3v) is 5.95. The van der Waals surface area contributed by atoms with E-state index in [1.54, 1.807) is 22.6 Å². The summed E-state index contributed by atoms with van der Waals surface area (Å²) in [5.41, 5.74) is 0.0940. The maximum Gasteiger partial charge on any atom is 0.416 e. The summed E-state index contributed by atoms with van der Waals surface area (Å²) in [6.07, 6.45) is -0.417. The van der Waals surface area contributed by atoms with Crippen LogP contribution in [0.4, 0.5) is 19.0 Å². The number of anilines is 1. The molecule has 1 N–H and O–H groups in total. The molecular formula is C21H23F3N6OS. The van der Waals surface area contributed by atoms with Crippen molar-refractivity contribution >= 4 is 34.5 Å². The Morgan fingerprint density at radius 3 is 2.53 bits per heavy atom. The van der Waals surface area contributed by atoms with Gasteiger partial charge >= 0.3 is 6.18 Å². The number of carbonyl (C=O) groups excluding carboxylic acids is 1. The van der Waals surface area contributed by atoms with Crippen LogP contribution in [0.5, 0.6) is 0 Å². The number of nitrogens with zero attached hydrogens (tertiary/aromatic N) is 5. The average Bonchev–Trinajstić information content (AvgIpc) is 3.43. The number of fused-ring (bicyclic) bond motifs is 1. The third-order valence-electron chi connectivity index (χ3n) is 5.22. The predicted molar refractivity (Wildman–Crippen MR) is 117 cm³/mol. The molecule has 0 unspecified atom stereocenters. The molecule has 0 aliphatic carbocycles. The predicted octanol–water partition coefficient (Wildman–Crippen LogP) is 3.99. The third kappa shape index (κ3) is 4.82. The Labute approximate surface area is 187 Å². The Morgan fingerprint density at radius 2 is 1.88 bits per heavy atom. The van der Waals surface area contributed by atoms with Crippen LogP contribution in [0.2, 0.25) is 0 Å². The molecule has 0 saturated carbocycles. The molecular weight excluding hydrogens is 441 g/mol. The van der Waals surface area contributed by atoms with Crippen molar-refractivity contribution in [2.75, 3.05) is 30.3 Å². The van der Waals surface area contributed by atoms with Crippen molar-refractivity contribution in [1.82, 2.24) is 25.1 Å². The number of rotatable bonds is 7. The van der Waals surface area contributed by atoms with Gasteiger partial charge in [0, 0.05) is 25.2 Å². The Hall–Kier alpha value is -2.82. The van der Waals surface area contributed by atoms with Crippen LogP contribution in [-0.2, 0) is 12.7 Å². The van der Waals surface area contributed by atoms with E-state index in [2.05, 4.69) is 20.3 Å². The van der Waals surface area contributed by atoms with Gasteiger partial charge in [-0.1, -0.05) is 18.7 Å². The lowest BCUT2D eigenvalue weighted by atomic mass is 10.1. The first-order valence-corrected chi connectivity index (χ1v) is 11.4. The number of thioether (sulfide) groups is 1. The highest BCUT2D eigenvalue weighted by atomic mass is 32.2. The number of amides is 1. The minimum Gasteiger partial charge on any atom is -0.356 e. The summed E-state index contributed by atoms with van der Waals surface area (Å²) < 4.78 is 39.8. The summed E-state index contributed by atoms with van der Waals surface area (Å²) in [6, 6.07) is 4.15. The van der Waals surface area contributed by atoms with Crippen molar-refractivity contribution in [3.63, 3.8) is 0 Å². The van der Waals surface area contributed by atoms with Crippen LogP contribution in [0, 0.1) is 0 Å². The first-order chi connectivity index (χ1) is 15.4. The van der Waals surface area contributed by atoms with Gasteiger partial charge in [-0.05, 0) is 42.9 Å². The molecule has 32 heavy (non-hydrogen) atoms. The zero-order valence-electron chi connectivity index (χ0n) is 17.5. The van der Waals surface area contributed by atoms with Gasteiger partial charge in [-0.15, -0.1) is 0 Å². The van der Waals surface area contributed by atoms with Gasteiger partial charge in [-0.2, -0.15) is 18.3 Å². The number of nitrogens with one attached hydrogen (secondary N) is 1. The second-order valence-electron chi connectivity index (χ2n) is 7.39. The molecule has 0 atom stereocenters. The monoisotopic (exact) mass is 464 g/mol. The minimum absolute atomic E-state index is 0.170. The molecule has 1 amide bonds. The maximum atomic E-state index is 12.7. The van der Waals surface area contributed by atoms with Crippen LogP contribution >= 0.6 is 11.8 Å². The summed E-state index contributed by atoms with van der Waals surface area (Å²) in [5.74, 6) is 1.30. The number of aromatic nitrogens is 4.